The average Bonchev–Trinajstić information content (AvgIpc) is 3.26. The molecule has 0 aromatic heterocycles. The van der Waals surface area contributed by atoms with E-state index in [-0.39, 0.29) is 70.2 Å². The number of carboxylic acids is 2. The minimum atomic E-state index is -1.19. The Kier molecular flexibility index (Phi) is 18.1. The third kappa shape index (κ3) is 12.0. The molecule has 2 N–H and O–H groups in total. The number of hydrogen-bond acceptors (Lipinski definition) is 6. The Labute approximate surface area is 423 Å². The largest absolute Gasteiger partial charge is 1.00 e. The second kappa shape index (κ2) is 23.0. The van der Waals surface area contributed by atoms with E-state index in [4.69, 9.17) is 0 Å². The first-order chi connectivity index (χ1) is 29.9. The normalized spacial score (nSPS) is 11.0. The predicted octanol–water partition coefficient (Wildman–Crippen LogP) is 4.53. The van der Waals surface area contributed by atoms with Crippen LogP contribution in [0.5, 0.6) is 0 Å². The molecule has 0 aliphatic rings. The number of hydrogen-bond donors (Lipinski definition) is 2. The minimum Gasteiger partial charge on any atom is -0.545 e. The average molecular weight is 865 g/mol. The van der Waals surface area contributed by atoms with Crippen molar-refractivity contribution in [2.45, 2.75) is 79.6 Å². The van der Waals surface area contributed by atoms with Crippen LogP contribution in [0.4, 0.5) is 0 Å². The Morgan fingerprint density at radius 1 is 0.438 bits per heavy atom. The van der Waals surface area contributed by atoms with E-state index in [0.717, 1.165) is 44.5 Å². The minimum absolute atomic E-state index is 0. The molecule has 7 rings (SSSR count). The van der Waals surface area contributed by atoms with Gasteiger partial charge in [0, 0.05) is 37.3 Å². The summed E-state index contributed by atoms with van der Waals surface area (Å²) in [5.74, 6) is -1.68. The van der Waals surface area contributed by atoms with E-state index in [9.17, 15) is 19.8 Å². The van der Waals surface area contributed by atoms with Crippen molar-refractivity contribution in [3.8, 4) is 44.5 Å². The molecular weight excluding hydrogens is 811 g/mol. The first-order valence-corrected chi connectivity index (χ1v) is 21.5. The molecule has 0 saturated carbocycles. The fraction of sp³-hybridized carbons (Fsp3) is 0.214. The fourth-order valence-corrected chi connectivity index (χ4v) is 8.37. The number of carbonyl (C=O) groups excluding carboxylic acids is 2. The van der Waals surface area contributed by atoms with Crippen LogP contribution >= 0.6 is 0 Å². The molecule has 0 bridgehead atoms. The van der Waals surface area contributed by atoms with Crippen molar-refractivity contribution in [3.05, 3.63) is 201 Å². The number of aromatic carboxylic acids is 2. The smallest absolute Gasteiger partial charge is 0.545 e. The van der Waals surface area contributed by atoms with Gasteiger partial charge in [-0.05, 0) is 104 Å². The molecule has 0 spiro atoms. The van der Waals surface area contributed by atoms with E-state index in [1.807, 2.05) is 123 Å². The third-order valence-electron chi connectivity index (χ3n) is 11.7. The summed E-state index contributed by atoms with van der Waals surface area (Å²) in [6, 6.07) is 47.8. The van der Waals surface area contributed by atoms with Gasteiger partial charge in [0.15, 0.2) is 0 Å². The fourth-order valence-electron chi connectivity index (χ4n) is 8.37. The van der Waals surface area contributed by atoms with Crippen LogP contribution in [-0.4, -0.2) is 11.9 Å². The monoisotopic (exact) mass is 864 g/mol. The maximum Gasteiger partial charge on any atom is 1.00 e. The second-order valence-corrected chi connectivity index (χ2v) is 16.9. The number of nitrogens with one attached hydrogen (secondary N) is 2. The number of aryl methyl sites for hydroxylation is 2. The molecule has 8 heteroatoms. The van der Waals surface area contributed by atoms with Gasteiger partial charge >= 0.3 is 59.1 Å². The zero-order valence-electron chi connectivity index (χ0n) is 38.5. The first kappa shape index (κ1) is 50.4. The van der Waals surface area contributed by atoms with Crippen LogP contribution in [0.15, 0.2) is 146 Å². The van der Waals surface area contributed by atoms with Crippen molar-refractivity contribution in [2.24, 2.45) is 0 Å². The molecular formula is C56H54N2Na2O4. The maximum absolute atomic E-state index is 12.5. The van der Waals surface area contributed by atoms with E-state index >= 15 is 0 Å². The molecule has 7 aromatic rings. The van der Waals surface area contributed by atoms with Gasteiger partial charge in [-0.25, -0.2) is 0 Å². The summed E-state index contributed by atoms with van der Waals surface area (Å²) in [4.78, 5) is 24.9. The Morgan fingerprint density at radius 2 is 0.734 bits per heavy atom. The zero-order chi connectivity index (χ0) is 43.9. The van der Waals surface area contributed by atoms with Gasteiger partial charge in [-0.1, -0.05) is 184 Å². The molecule has 0 amide bonds. The van der Waals surface area contributed by atoms with E-state index in [2.05, 4.69) is 74.7 Å². The maximum atomic E-state index is 12.5. The summed E-state index contributed by atoms with van der Waals surface area (Å²) < 4.78 is 0. The predicted molar refractivity (Wildman–Crippen MR) is 248 cm³/mol. The van der Waals surface area contributed by atoms with Crippen molar-refractivity contribution in [1.82, 2.24) is 10.6 Å². The van der Waals surface area contributed by atoms with E-state index in [1.54, 1.807) is 0 Å². The first-order valence-electron chi connectivity index (χ1n) is 21.5. The standard InChI is InChI=1S/C56H56N2O4.2Na/c1-35(2)51-30-52(36(3)4)46(34-58-32-40-19-27-44(28-20-40)50-12-8-10-48(54(50)56(61)62)42-23-15-38(6)16-24-42)29-45(51)33-57-31-39-17-25-43(26-18-39)49-11-7-9-47(53(49)55(59)60)41-21-13-37(5)14-22-41;;/h7-30,35-36,57-58H,31-34H2,1-6H3,(H,59,60)(H,61,62);;/q;2*+1/p-2. The van der Waals surface area contributed by atoms with Gasteiger partial charge in [0.25, 0.3) is 0 Å². The van der Waals surface area contributed by atoms with E-state index < -0.39 is 11.9 Å². The Balaban J connectivity index is 0.00000385. The summed E-state index contributed by atoms with van der Waals surface area (Å²) >= 11 is 0. The summed E-state index contributed by atoms with van der Waals surface area (Å²) in [6.07, 6.45) is 0. The molecule has 6 nitrogen and oxygen atoms in total. The van der Waals surface area contributed by atoms with Crippen LogP contribution in [0, 0.1) is 13.8 Å². The zero-order valence-corrected chi connectivity index (χ0v) is 42.5. The summed E-state index contributed by atoms with van der Waals surface area (Å²) in [7, 11) is 0. The van der Waals surface area contributed by atoms with Gasteiger partial charge in [0.1, 0.15) is 0 Å². The molecule has 0 aliphatic heterocycles. The number of carbonyl (C=O) groups is 2. The van der Waals surface area contributed by atoms with Crippen molar-refractivity contribution in [2.75, 3.05) is 0 Å². The molecule has 0 unspecified atom stereocenters. The molecule has 0 radical (unpaired) electrons. The quantitative estimate of drug-likeness (QED) is 0.139. The molecule has 0 heterocycles. The van der Waals surface area contributed by atoms with Gasteiger partial charge < -0.3 is 30.4 Å². The SMILES string of the molecule is Cc1ccc(-c2cccc(-c3ccc(CNCc4cc(CNCc5ccc(-c6cccc(-c7ccc(C)cc7)c6C(=O)[O-])cc5)c(C(C)C)cc4C(C)C)cc3)c2C(=O)[O-])cc1.[Na+].[Na+]. The number of rotatable bonds is 16. The van der Waals surface area contributed by atoms with Crippen LogP contribution in [-0.2, 0) is 26.2 Å². The molecule has 314 valence electrons. The Bertz CT molecular complexity index is 2510. The van der Waals surface area contributed by atoms with Crippen LogP contribution in [0.2, 0.25) is 0 Å². The van der Waals surface area contributed by atoms with Crippen LogP contribution in [0.25, 0.3) is 44.5 Å². The molecule has 0 saturated heterocycles. The molecule has 0 aliphatic carbocycles. The van der Waals surface area contributed by atoms with Gasteiger partial charge in [-0.2, -0.15) is 0 Å². The molecule has 64 heavy (non-hydrogen) atoms. The van der Waals surface area contributed by atoms with Gasteiger partial charge in [0.05, 0.1) is 11.9 Å². The second-order valence-electron chi connectivity index (χ2n) is 16.9. The van der Waals surface area contributed by atoms with Gasteiger partial charge in [-0.3, -0.25) is 0 Å². The van der Waals surface area contributed by atoms with E-state index in [1.165, 1.54) is 22.3 Å². The van der Waals surface area contributed by atoms with Crippen LogP contribution in [0.3, 0.4) is 0 Å². The van der Waals surface area contributed by atoms with Crippen molar-refractivity contribution >= 4 is 11.9 Å². The van der Waals surface area contributed by atoms with Crippen molar-refractivity contribution in [3.63, 3.8) is 0 Å². The van der Waals surface area contributed by atoms with E-state index in [0.29, 0.717) is 60.3 Å². The number of carboxylic acid groups (broad SMARTS) is 2. The summed E-state index contributed by atoms with van der Waals surface area (Å²) in [6.45, 7) is 15.7. The number of benzene rings is 7. The van der Waals surface area contributed by atoms with Gasteiger partial charge in [0.2, 0.25) is 0 Å². The summed E-state index contributed by atoms with van der Waals surface area (Å²) in [5, 5.41) is 32.3. The van der Waals surface area contributed by atoms with Crippen LogP contribution in [0.1, 0.15) is 105 Å². The molecule has 0 atom stereocenters. The van der Waals surface area contributed by atoms with Crippen LogP contribution < -0.4 is 80.0 Å². The van der Waals surface area contributed by atoms with Crippen molar-refractivity contribution < 1.29 is 78.9 Å². The Morgan fingerprint density at radius 3 is 1.02 bits per heavy atom. The Hall–Kier alpha value is -4.60. The topological polar surface area (TPSA) is 104 Å². The van der Waals surface area contributed by atoms with Crippen molar-refractivity contribution in [1.29, 1.82) is 0 Å². The van der Waals surface area contributed by atoms with Gasteiger partial charge in [-0.15, -0.1) is 0 Å². The third-order valence-corrected chi connectivity index (χ3v) is 11.7. The summed E-state index contributed by atoms with van der Waals surface area (Å²) in [5.41, 5.74) is 15.9. The molecule has 7 aromatic carbocycles. The molecule has 0 fully saturated rings.